The molecule has 1 atom stereocenters. The second kappa shape index (κ2) is 2.43. The van der Waals surface area contributed by atoms with E-state index < -0.39 is 0 Å². The largest absolute Gasteiger partial charge is 0.365 e. The third kappa shape index (κ3) is 1.10. The highest BCUT2D eigenvalue weighted by atomic mass is 15.4. The van der Waals surface area contributed by atoms with Crippen molar-refractivity contribution in [3.63, 3.8) is 0 Å². The molecule has 64 valence electrons. The number of allylic oxidation sites excluding steroid dienone is 2. The smallest absolute Gasteiger partial charge is 0.106 e. The lowest BCUT2D eigenvalue weighted by atomic mass is 10.1. The fraction of sp³-hybridized carbons (Fsp3) is 0.778. The molecule has 0 aliphatic carbocycles. The fourth-order valence-electron chi connectivity index (χ4n) is 1.53. The normalized spacial score (nSPS) is 31.2. The summed E-state index contributed by atoms with van der Waals surface area (Å²) in [5.74, 6) is 0. The molecule has 2 heteroatoms. The minimum absolute atomic E-state index is 0.147. The van der Waals surface area contributed by atoms with E-state index in [9.17, 15) is 0 Å². The Balaban J connectivity index is 2.85. The summed E-state index contributed by atoms with van der Waals surface area (Å²) < 4.78 is 0. The van der Waals surface area contributed by atoms with Gasteiger partial charge in [-0.2, -0.15) is 0 Å². The van der Waals surface area contributed by atoms with Gasteiger partial charge in [0.25, 0.3) is 0 Å². The predicted molar refractivity (Wildman–Crippen MR) is 48.0 cm³/mol. The van der Waals surface area contributed by atoms with Crippen molar-refractivity contribution in [1.29, 1.82) is 0 Å². The number of nitrogens with one attached hydrogen (secondary N) is 1. The van der Waals surface area contributed by atoms with Crippen LogP contribution in [0.3, 0.4) is 0 Å². The van der Waals surface area contributed by atoms with Gasteiger partial charge in [0, 0.05) is 18.4 Å². The van der Waals surface area contributed by atoms with Crippen molar-refractivity contribution in [2.24, 2.45) is 0 Å². The molecule has 0 aromatic heterocycles. The van der Waals surface area contributed by atoms with Crippen LogP contribution >= 0.6 is 0 Å². The second-order valence-corrected chi connectivity index (χ2v) is 3.52. The van der Waals surface area contributed by atoms with Gasteiger partial charge in [-0.1, -0.05) is 6.92 Å². The zero-order valence-electron chi connectivity index (χ0n) is 8.15. The Kier molecular flexibility index (Phi) is 1.87. The van der Waals surface area contributed by atoms with E-state index in [-0.39, 0.29) is 5.66 Å². The topological polar surface area (TPSA) is 15.3 Å². The quantitative estimate of drug-likeness (QED) is 0.620. The van der Waals surface area contributed by atoms with Gasteiger partial charge in [0.15, 0.2) is 0 Å². The van der Waals surface area contributed by atoms with E-state index in [1.54, 1.807) is 0 Å². The van der Waals surface area contributed by atoms with Gasteiger partial charge in [-0.15, -0.1) is 0 Å². The summed E-state index contributed by atoms with van der Waals surface area (Å²) in [5, 5.41) is 3.48. The van der Waals surface area contributed by atoms with Gasteiger partial charge in [0.1, 0.15) is 5.66 Å². The van der Waals surface area contributed by atoms with E-state index in [4.69, 9.17) is 0 Å². The number of hydrogen-bond acceptors (Lipinski definition) is 2. The monoisotopic (exact) mass is 154 g/mol. The Morgan fingerprint density at radius 2 is 2.00 bits per heavy atom. The molecule has 1 N–H and O–H groups in total. The summed E-state index contributed by atoms with van der Waals surface area (Å²) in [6, 6.07) is 0. The molecule has 11 heavy (non-hydrogen) atoms. The van der Waals surface area contributed by atoms with Gasteiger partial charge >= 0.3 is 0 Å². The highest BCUT2D eigenvalue weighted by molar-refractivity contribution is 5.18. The first kappa shape index (κ1) is 8.44. The first-order valence-electron chi connectivity index (χ1n) is 4.21. The molecule has 0 spiro atoms. The summed E-state index contributed by atoms with van der Waals surface area (Å²) in [7, 11) is 2.14. The van der Waals surface area contributed by atoms with E-state index in [1.165, 1.54) is 11.4 Å². The van der Waals surface area contributed by atoms with Crippen LogP contribution < -0.4 is 5.32 Å². The van der Waals surface area contributed by atoms with E-state index in [2.05, 4.69) is 45.0 Å². The lowest BCUT2D eigenvalue weighted by Gasteiger charge is -2.34. The van der Waals surface area contributed by atoms with E-state index in [0.29, 0.717) is 0 Å². The maximum atomic E-state index is 3.48. The van der Waals surface area contributed by atoms with Crippen molar-refractivity contribution in [1.82, 2.24) is 10.2 Å². The van der Waals surface area contributed by atoms with E-state index in [0.717, 1.165) is 6.42 Å². The highest BCUT2D eigenvalue weighted by Gasteiger charge is 2.33. The molecule has 0 aromatic rings. The van der Waals surface area contributed by atoms with Gasteiger partial charge in [0.05, 0.1) is 0 Å². The van der Waals surface area contributed by atoms with Crippen LogP contribution in [0.2, 0.25) is 0 Å². The van der Waals surface area contributed by atoms with Gasteiger partial charge in [-0.05, 0) is 27.2 Å². The van der Waals surface area contributed by atoms with Gasteiger partial charge in [0.2, 0.25) is 0 Å². The second-order valence-electron chi connectivity index (χ2n) is 3.52. The molecule has 1 unspecified atom stereocenters. The van der Waals surface area contributed by atoms with Crippen molar-refractivity contribution in [3.8, 4) is 0 Å². The van der Waals surface area contributed by atoms with Crippen LogP contribution in [-0.4, -0.2) is 17.6 Å². The molecule has 2 nitrogen and oxygen atoms in total. The Morgan fingerprint density at radius 1 is 1.45 bits per heavy atom. The van der Waals surface area contributed by atoms with Crippen LogP contribution in [-0.2, 0) is 0 Å². The molecular formula is C9H18N2. The van der Waals surface area contributed by atoms with Crippen molar-refractivity contribution >= 4 is 0 Å². The van der Waals surface area contributed by atoms with E-state index >= 15 is 0 Å². The minimum atomic E-state index is 0.147. The van der Waals surface area contributed by atoms with Gasteiger partial charge in [-0.3, -0.25) is 0 Å². The van der Waals surface area contributed by atoms with Crippen molar-refractivity contribution in [2.75, 3.05) is 7.05 Å². The van der Waals surface area contributed by atoms with Crippen LogP contribution in [0.4, 0.5) is 0 Å². The number of nitrogens with zero attached hydrogens (tertiary/aromatic N) is 1. The summed E-state index contributed by atoms with van der Waals surface area (Å²) in [6.45, 7) is 8.72. The third-order valence-corrected chi connectivity index (χ3v) is 2.93. The molecule has 0 bridgehead atoms. The maximum Gasteiger partial charge on any atom is 0.106 e. The molecule has 0 fully saturated rings. The molecule has 0 amide bonds. The third-order valence-electron chi connectivity index (χ3n) is 2.93. The first-order valence-corrected chi connectivity index (χ1v) is 4.21. The van der Waals surface area contributed by atoms with Gasteiger partial charge < -0.3 is 10.2 Å². The zero-order valence-corrected chi connectivity index (χ0v) is 8.15. The van der Waals surface area contributed by atoms with Crippen LogP contribution in [0.5, 0.6) is 0 Å². The van der Waals surface area contributed by atoms with Crippen LogP contribution in [0, 0.1) is 0 Å². The molecule has 1 heterocycles. The standard InChI is InChI=1S/C9H18N2/c1-6-9(4)10-7(2)8(3)11(9)5/h10H,6H2,1-5H3. The lowest BCUT2D eigenvalue weighted by molar-refractivity contribution is 0.176. The molecule has 1 aliphatic rings. The SMILES string of the molecule is CCC1(C)NC(C)=C(C)N1C. The molecule has 0 saturated heterocycles. The summed E-state index contributed by atoms with van der Waals surface area (Å²) in [4.78, 5) is 2.31. The average Bonchev–Trinajstić information content (AvgIpc) is 2.17. The summed E-state index contributed by atoms with van der Waals surface area (Å²) >= 11 is 0. The molecule has 1 rings (SSSR count). The molecule has 0 aromatic carbocycles. The number of hydrogen-bond donors (Lipinski definition) is 1. The zero-order chi connectivity index (χ0) is 8.65. The first-order chi connectivity index (χ1) is 5.01. The fourth-order valence-corrected chi connectivity index (χ4v) is 1.53. The number of rotatable bonds is 1. The molecule has 1 aliphatic heterocycles. The Labute approximate surface area is 69.3 Å². The Morgan fingerprint density at radius 3 is 2.18 bits per heavy atom. The molecule has 0 saturated carbocycles. The predicted octanol–water partition coefficient (Wildman–Crippen LogP) is 1.90. The Hall–Kier alpha value is -0.660. The summed E-state index contributed by atoms with van der Waals surface area (Å²) in [6.07, 6.45) is 1.12. The van der Waals surface area contributed by atoms with Crippen LogP contribution in [0.15, 0.2) is 11.4 Å². The summed E-state index contributed by atoms with van der Waals surface area (Å²) in [5.41, 5.74) is 2.81. The Bertz CT molecular complexity index is 196. The molecular weight excluding hydrogens is 136 g/mol. The van der Waals surface area contributed by atoms with Crippen LogP contribution in [0.25, 0.3) is 0 Å². The van der Waals surface area contributed by atoms with Crippen molar-refractivity contribution < 1.29 is 0 Å². The maximum absolute atomic E-state index is 3.48. The highest BCUT2D eigenvalue weighted by Crippen LogP contribution is 2.27. The minimum Gasteiger partial charge on any atom is -0.365 e. The van der Waals surface area contributed by atoms with Crippen LogP contribution in [0.1, 0.15) is 34.1 Å². The lowest BCUT2D eigenvalue weighted by Crippen LogP contribution is -2.47. The average molecular weight is 154 g/mol. The van der Waals surface area contributed by atoms with Crippen molar-refractivity contribution in [3.05, 3.63) is 11.4 Å². The van der Waals surface area contributed by atoms with Gasteiger partial charge in [-0.25, -0.2) is 0 Å². The van der Waals surface area contributed by atoms with Crippen molar-refractivity contribution in [2.45, 2.75) is 39.8 Å². The van der Waals surface area contributed by atoms with E-state index in [1.807, 2.05) is 0 Å². The molecule has 0 radical (unpaired) electrons.